The van der Waals surface area contributed by atoms with E-state index in [1.165, 1.54) is 29.5 Å². The van der Waals surface area contributed by atoms with Gasteiger partial charge in [-0.15, -0.1) is 11.3 Å². The molecule has 0 fully saturated rings. The SMILES string of the molecule is O=S(=O)(NCc1cc(C#CCO)cs1)c1cccc(F)c1. The normalized spacial score (nSPS) is 11.0. The van der Waals surface area contributed by atoms with Gasteiger partial charge in [-0.05, 0) is 24.3 Å². The van der Waals surface area contributed by atoms with Crippen LogP contribution in [0.4, 0.5) is 4.39 Å². The Bertz CT molecular complexity index is 788. The van der Waals surface area contributed by atoms with E-state index in [1.54, 1.807) is 11.4 Å². The van der Waals surface area contributed by atoms with Crippen LogP contribution in [-0.2, 0) is 16.6 Å². The van der Waals surface area contributed by atoms with E-state index in [2.05, 4.69) is 16.6 Å². The highest BCUT2D eigenvalue weighted by Gasteiger charge is 2.14. The molecule has 0 saturated heterocycles. The molecule has 1 aromatic carbocycles. The maximum atomic E-state index is 13.1. The molecule has 0 aliphatic carbocycles. The highest BCUT2D eigenvalue weighted by Crippen LogP contribution is 2.16. The van der Waals surface area contributed by atoms with Crippen LogP contribution in [0.1, 0.15) is 10.4 Å². The zero-order chi connectivity index (χ0) is 15.3. The van der Waals surface area contributed by atoms with Crippen LogP contribution in [-0.4, -0.2) is 20.1 Å². The summed E-state index contributed by atoms with van der Waals surface area (Å²) < 4.78 is 39.5. The molecule has 1 aromatic heterocycles. The fourth-order valence-electron chi connectivity index (χ4n) is 1.56. The lowest BCUT2D eigenvalue weighted by molar-refractivity contribution is 0.350. The summed E-state index contributed by atoms with van der Waals surface area (Å²) in [6, 6.07) is 6.57. The molecular formula is C14H12FNO3S2. The van der Waals surface area contributed by atoms with Gasteiger partial charge in [0, 0.05) is 22.4 Å². The molecule has 7 heteroatoms. The van der Waals surface area contributed by atoms with Gasteiger partial charge < -0.3 is 5.11 Å². The molecule has 0 aliphatic rings. The van der Waals surface area contributed by atoms with E-state index in [1.807, 2.05) is 0 Å². The van der Waals surface area contributed by atoms with E-state index in [9.17, 15) is 12.8 Å². The van der Waals surface area contributed by atoms with E-state index < -0.39 is 15.8 Å². The van der Waals surface area contributed by atoms with E-state index in [4.69, 9.17) is 5.11 Å². The van der Waals surface area contributed by atoms with Gasteiger partial charge in [-0.1, -0.05) is 17.9 Å². The molecule has 4 nitrogen and oxygen atoms in total. The summed E-state index contributed by atoms with van der Waals surface area (Å²) in [5.74, 6) is 4.65. The summed E-state index contributed by atoms with van der Waals surface area (Å²) in [5.41, 5.74) is 0.717. The van der Waals surface area contributed by atoms with Crippen LogP contribution in [0.5, 0.6) is 0 Å². The topological polar surface area (TPSA) is 66.4 Å². The zero-order valence-corrected chi connectivity index (χ0v) is 12.5. The number of aliphatic hydroxyl groups is 1. The predicted octanol–water partition coefficient (Wildman–Crippen LogP) is 1.71. The fourth-order valence-corrected chi connectivity index (χ4v) is 3.45. The number of thiophene rings is 1. The van der Waals surface area contributed by atoms with Crippen molar-refractivity contribution >= 4 is 21.4 Å². The Kier molecular flexibility index (Phi) is 5.09. The summed E-state index contributed by atoms with van der Waals surface area (Å²) in [6.07, 6.45) is 0. The van der Waals surface area contributed by atoms with Gasteiger partial charge in [-0.2, -0.15) is 0 Å². The molecule has 0 bridgehead atoms. The largest absolute Gasteiger partial charge is 0.384 e. The Balaban J connectivity index is 2.07. The Labute approximate surface area is 126 Å². The third-order valence-electron chi connectivity index (χ3n) is 2.51. The Morgan fingerprint density at radius 2 is 2.14 bits per heavy atom. The first kappa shape index (κ1) is 15.7. The average molecular weight is 325 g/mol. The summed E-state index contributed by atoms with van der Waals surface area (Å²) >= 11 is 1.35. The maximum absolute atomic E-state index is 13.1. The number of hydrogen-bond acceptors (Lipinski definition) is 4. The number of sulfonamides is 1. The van der Waals surface area contributed by atoms with Crippen LogP contribution in [0.3, 0.4) is 0 Å². The zero-order valence-electron chi connectivity index (χ0n) is 10.8. The number of nitrogens with one attached hydrogen (secondary N) is 1. The molecule has 2 aromatic rings. The van der Waals surface area contributed by atoms with Gasteiger partial charge >= 0.3 is 0 Å². The van der Waals surface area contributed by atoms with Crippen LogP contribution < -0.4 is 4.72 Å². The van der Waals surface area contributed by atoms with Crippen LogP contribution >= 0.6 is 11.3 Å². The molecule has 2 N–H and O–H groups in total. The molecule has 1 heterocycles. The molecule has 0 spiro atoms. The van der Waals surface area contributed by atoms with Crippen molar-refractivity contribution in [1.29, 1.82) is 0 Å². The van der Waals surface area contributed by atoms with Crippen LogP contribution in [0.25, 0.3) is 0 Å². The minimum atomic E-state index is -3.75. The minimum Gasteiger partial charge on any atom is -0.384 e. The lowest BCUT2D eigenvalue weighted by atomic mass is 10.3. The standard InChI is InChI=1S/C14H12FNO3S2/c15-12-4-1-5-14(8-12)21(18,19)16-9-13-7-11(10-20-13)3-2-6-17/h1,4-5,7-8,10,16-17H,6,9H2. The summed E-state index contributed by atoms with van der Waals surface area (Å²) in [5, 5.41) is 10.4. The second-order valence-electron chi connectivity index (χ2n) is 4.04. The minimum absolute atomic E-state index is 0.102. The fraction of sp³-hybridized carbons (Fsp3) is 0.143. The molecular weight excluding hydrogens is 313 g/mol. The molecule has 0 radical (unpaired) electrons. The molecule has 2 rings (SSSR count). The highest BCUT2D eigenvalue weighted by molar-refractivity contribution is 7.89. The summed E-state index contributed by atoms with van der Waals surface area (Å²) in [6.45, 7) is -0.123. The van der Waals surface area contributed by atoms with Crippen molar-refractivity contribution in [2.45, 2.75) is 11.4 Å². The quantitative estimate of drug-likeness (QED) is 0.841. The van der Waals surface area contributed by atoms with Gasteiger partial charge in [-0.25, -0.2) is 17.5 Å². The van der Waals surface area contributed by atoms with Crippen molar-refractivity contribution in [1.82, 2.24) is 4.72 Å². The number of rotatable bonds is 4. The monoisotopic (exact) mass is 325 g/mol. The maximum Gasteiger partial charge on any atom is 0.240 e. The van der Waals surface area contributed by atoms with E-state index in [-0.39, 0.29) is 18.0 Å². The van der Waals surface area contributed by atoms with Crippen LogP contribution in [0.2, 0.25) is 0 Å². The van der Waals surface area contributed by atoms with Crippen molar-refractivity contribution in [2.75, 3.05) is 6.61 Å². The summed E-state index contributed by atoms with van der Waals surface area (Å²) in [4.78, 5) is 0.663. The lowest BCUT2D eigenvalue weighted by Gasteiger charge is -2.05. The Hall–Kier alpha value is -1.72. The highest BCUT2D eigenvalue weighted by atomic mass is 32.2. The molecule has 0 amide bonds. The van der Waals surface area contributed by atoms with Gasteiger partial charge in [-0.3, -0.25) is 0 Å². The van der Waals surface area contributed by atoms with Gasteiger partial charge in [0.05, 0.1) is 4.90 Å². The molecule has 0 atom stereocenters. The second-order valence-corrected chi connectivity index (χ2v) is 6.81. The van der Waals surface area contributed by atoms with Crippen molar-refractivity contribution in [3.63, 3.8) is 0 Å². The first-order valence-corrected chi connectivity index (χ1v) is 8.30. The Morgan fingerprint density at radius 1 is 1.33 bits per heavy atom. The smallest absolute Gasteiger partial charge is 0.240 e. The molecule has 0 aliphatic heterocycles. The van der Waals surface area contributed by atoms with Gasteiger partial charge in [0.25, 0.3) is 0 Å². The number of benzene rings is 1. The van der Waals surface area contributed by atoms with Gasteiger partial charge in [0.15, 0.2) is 0 Å². The number of aliphatic hydroxyl groups excluding tert-OH is 1. The predicted molar refractivity (Wildman–Crippen MR) is 78.7 cm³/mol. The first-order valence-electron chi connectivity index (χ1n) is 5.93. The lowest BCUT2D eigenvalue weighted by Crippen LogP contribution is -2.22. The van der Waals surface area contributed by atoms with Crippen LogP contribution in [0, 0.1) is 17.7 Å². The van der Waals surface area contributed by atoms with E-state index in [0.717, 1.165) is 10.9 Å². The second kappa shape index (κ2) is 6.83. The third kappa shape index (κ3) is 4.37. The van der Waals surface area contributed by atoms with Crippen molar-refractivity contribution in [3.8, 4) is 11.8 Å². The van der Waals surface area contributed by atoms with Gasteiger partial charge in [0.2, 0.25) is 10.0 Å². The van der Waals surface area contributed by atoms with Gasteiger partial charge in [0.1, 0.15) is 12.4 Å². The summed E-state index contributed by atoms with van der Waals surface area (Å²) in [7, 11) is -3.75. The first-order chi connectivity index (χ1) is 10.0. The molecule has 0 unspecified atom stereocenters. The number of halogens is 1. The van der Waals surface area contributed by atoms with Crippen molar-refractivity contribution < 1.29 is 17.9 Å². The van der Waals surface area contributed by atoms with E-state index in [0.29, 0.717) is 5.56 Å². The van der Waals surface area contributed by atoms with E-state index >= 15 is 0 Å². The van der Waals surface area contributed by atoms with Crippen molar-refractivity contribution in [3.05, 3.63) is 52.0 Å². The average Bonchev–Trinajstić information content (AvgIpc) is 2.91. The molecule has 0 saturated carbocycles. The van der Waals surface area contributed by atoms with Crippen molar-refractivity contribution in [2.24, 2.45) is 0 Å². The molecule has 110 valence electrons. The van der Waals surface area contributed by atoms with Crippen LogP contribution in [0.15, 0.2) is 40.6 Å². The third-order valence-corrected chi connectivity index (χ3v) is 4.84. The Morgan fingerprint density at radius 3 is 2.86 bits per heavy atom. The molecule has 21 heavy (non-hydrogen) atoms. The number of hydrogen-bond donors (Lipinski definition) is 2.